The van der Waals surface area contributed by atoms with Gasteiger partial charge >= 0.3 is 0 Å². The van der Waals surface area contributed by atoms with Crippen molar-refractivity contribution in [3.63, 3.8) is 0 Å². The van der Waals surface area contributed by atoms with Gasteiger partial charge in [-0.3, -0.25) is 14.5 Å². The molecule has 3 rings (SSSR count). The third-order valence-electron chi connectivity index (χ3n) is 5.16. The minimum absolute atomic E-state index is 0.0720. The van der Waals surface area contributed by atoms with E-state index < -0.39 is 0 Å². The standard InChI is InChI=1S/C15H24N2O2/c18-13-11-15(7-2-3-8-15)14(19)17(13)10-6-12-5-1-4-9-16-12/h12,16H,1-11H2. The zero-order valence-corrected chi connectivity index (χ0v) is 11.6. The van der Waals surface area contributed by atoms with Crippen molar-refractivity contribution in [1.82, 2.24) is 10.2 Å². The van der Waals surface area contributed by atoms with Gasteiger partial charge in [-0.05, 0) is 38.6 Å². The molecule has 0 aromatic rings. The lowest BCUT2D eigenvalue weighted by molar-refractivity contribution is -0.141. The van der Waals surface area contributed by atoms with Crippen LogP contribution in [0.3, 0.4) is 0 Å². The van der Waals surface area contributed by atoms with Crippen LogP contribution >= 0.6 is 0 Å². The number of nitrogens with one attached hydrogen (secondary N) is 1. The van der Waals surface area contributed by atoms with Crippen LogP contribution in [0, 0.1) is 5.41 Å². The highest BCUT2D eigenvalue weighted by atomic mass is 16.2. The van der Waals surface area contributed by atoms with Crippen LogP contribution in [-0.4, -0.2) is 35.8 Å². The molecule has 106 valence electrons. The lowest BCUT2D eigenvalue weighted by Gasteiger charge is -2.26. The molecule has 0 aromatic heterocycles. The second-order valence-electron chi connectivity index (χ2n) is 6.45. The fraction of sp³-hybridized carbons (Fsp3) is 0.867. The first-order chi connectivity index (χ1) is 9.21. The Morgan fingerprint density at radius 2 is 1.95 bits per heavy atom. The first-order valence-electron chi connectivity index (χ1n) is 7.79. The molecule has 1 saturated carbocycles. The van der Waals surface area contributed by atoms with E-state index in [2.05, 4.69) is 5.32 Å². The molecule has 3 aliphatic rings. The Morgan fingerprint density at radius 1 is 1.16 bits per heavy atom. The summed E-state index contributed by atoms with van der Waals surface area (Å²) in [7, 11) is 0. The van der Waals surface area contributed by atoms with E-state index in [0.717, 1.165) is 38.6 Å². The van der Waals surface area contributed by atoms with Gasteiger partial charge in [0.2, 0.25) is 11.8 Å². The summed E-state index contributed by atoms with van der Waals surface area (Å²) in [6.07, 6.45) is 9.17. The number of hydrogen-bond donors (Lipinski definition) is 1. The number of rotatable bonds is 3. The zero-order chi connectivity index (χ0) is 13.3. The number of likely N-dealkylation sites (tertiary alicyclic amines) is 1. The van der Waals surface area contributed by atoms with Crippen LogP contribution in [0.15, 0.2) is 0 Å². The molecule has 2 amide bonds. The normalized spacial score (nSPS) is 30.5. The van der Waals surface area contributed by atoms with Crippen molar-refractivity contribution in [1.29, 1.82) is 0 Å². The van der Waals surface area contributed by atoms with Crippen molar-refractivity contribution >= 4 is 11.8 Å². The van der Waals surface area contributed by atoms with Gasteiger partial charge in [0.15, 0.2) is 0 Å². The zero-order valence-electron chi connectivity index (χ0n) is 11.6. The van der Waals surface area contributed by atoms with Crippen LogP contribution in [0.5, 0.6) is 0 Å². The Balaban J connectivity index is 1.58. The Morgan fingerprint density at radius 3 is 2.63 bits per heavy atom. The van der Waals surface area contributed by atoms with Gasteiger partial charge in [-0.1, -0.05) is 19.3 Å². The van der Waals surface area contributed by atoms with Crippen LogP contribution in [0.4, 0.5) is 0 Å². The summed E-state index contributed by atoms with van der Waals surface area (Å²) in [4.78, 5) is 26.2. The molecule has 1 atom stereocenters. The molecule has 19 heavy (non-hydrogen) atoms. The maximum absolute atomic E-state index is 12.5. The molecule has 2 heterocycles. The van der Waals surface area contributed by atoms with E-state index in [0.29, 0.717) is 19.0 Å². The van der Waals surface area contributed by atoms with Gasteiger partial charge in [-0.2, -0.15) is 0 Å². The number of imide groups is 1. The number of carbonyl (C=O) groups excluding carboxylic acids is 2. The molecule has 0 bridgehead atoms. The van der Waals surface area contributed by atoms with Crippen molar-refractivity contribution in [2.75, 3.05) is 13.1 Å². The first kappa shape index (κ1) is 13.1. The first-order valence-corrected chi connectivity index (χ1v) is 7.79. The lowest BCUT2D eigenvalue weighted by Crippen LogP contribution is -2.40. The summed E-state index contributed by atoms with van der Waals surface area (Å²) in [5, 5.41) is 3.48. The van der Waals surface area contributed by atoms with E-state index in [1.807, 2.05) is 0 Å². The number of hydrogen-bond acceptors (Lipinski definition) is 3. The molecule has 1 aliphatic carbocycles. The molecule has 1 spiro atoms. The van der Waals surface area contributed by atoms with Gasteiger partial charge in [-0.15, -0.1) is 0 Å². The molecular weight excluding hydrogens is 240 g/mol. The van der Waals surface area contributed by atoms with Gasteiger partial charge in [-0.25, -0.2) is 0 Å². The molecule has 3 fully saturated rings. The van der Waals surface area contributed by atoms with E-state index in [9.17, 15) is 9.59 Å². The maximum atomic E-state index is 12.5. The van der Waals surface area contributed by atoms with Crippen molar-refractivity contribution in [3.05, 3.63) is 0 Å². The van der Waals surface area contributed by atoms with E-state index in [1.54, 1.807) is 4.90 Å². The summed E-state index contributed by atoms with van der Waals surface area (Å²) in [6, 6.07) is 0.495. The molecule has 1 N–H and O–H groups in total. The number of piperidine rings is 1. The number of carbonyl (C=O) groups is 2. The Hall–Kier alpha value is -0.900. The average Bonchev–Trinajstić information content (AvgIpc) is 2.97. The van der Waals surface area contributed by atoms with Crippen LogP contribution in [0.2, 0.25) is 0 Å². The number of nitrogens with zero attached hydrogens (tertiary/aromatic N) is 1. The van der Waals surface area contributed by atoms with E-state index in [1.165, 1.54) is 19.3 Å². The fourth-order valence-electron chi connectivity index (χ4n) is 3.98. The summed E-state index contributed by atoms with van der Waals surface area (Å²) < 4.78 is 0. The summed E-state index contributed by atoms with van der Waals surface area (Å²) in [5.41, 5.74) is -0.295. The summed E-state index contributed by atoms with van der Waals surface area (Å²) in [6.45, 7) is 1.70. The predicted molar refractivity (Wildman–Crippen MR) is 72.5 cm³/mol. The van der Waals surface area contributed by atoms with Crippen molar-refractivity contribution in [3.8, 4) is 0 Å². The molecule has 4 nitrogen and oxygen atoms in total. The average molecular weight is 264 g/mol. The van der Waals surface area contributed by atoms with Gasteiger partial charge in [0.25, 0.3) is 0 Å². The molecule has 2 saturated heterocycles. The summed E-state index contributed by atoms with van der Waals surface area (Å²) in [5.74, 6) is 0.202. The number of amides is 2. The second kappa shape index (κ2) is 5.23. The highest BCUT2D eigenvalue weighted by molar-refractivity contribution is 6.06. The second-order valence-corrected chi connectivity index (χ2v) is 6.45. The SMILES string of the molecule is O=C1CC2(CCCC2)C(=O)N1CCC1CCCCN1. The van der Waals surface area contributed by atoms with Gasteiger partial charge in [0.05, 0.1) is 5.41 Å². The molecule has 4 heteroatoms. The minimum Gasteiger partial charge on any atom is -0.314 e. The van der Waals surface area contributed by atoms with Crippen molar-refractivity contribution in [2.24, 2.45) is 5.41 Å². The third-order valence-corrected chi connectivity index (χ3v) is 5.16. The lowest BCUT2D eigenvalue weighted by atomic mass is 9.84. The van der Waals surface area contributed by atoms with E-state index >= 15 is 0 Å². The van der Waals surface area contributed by atoms with Gasteiger partial charge in [0.1, 0.15) is 0 Å². The van der Waals surface area contributed by atoms with Gasteiger partial charge in [0, 0.05) is 19.0 Å². The van der Waals surface area contributed by atoms with E-state index in [-0.39, 0.29) is 17.2 Å². The van der Waals surface area contributed by atoms with Crippen molar-refractivity contribution < 1.29 is 9.59 Å². The van der Waals surface area contributed by atoms with Crippen LogP contribution in [0.1, 0.15) is 57.8 Å². The third kappa shape index (κ3) is 2.42. The largest absolute Gasteiger partial charge is 0.314 e. The summed E-state index contributed by atoms with van der Waals surface area (Å²) >= 11 is 0. The predicted octanol–water partition coefficient (Wildman–Crippen LogP) is 1.84. The minimum atomic E-state index is -0.295. The fourth-order valence-corrected chi connectivity index (χ4v) is 3.98. The smallest absolute Gasteiger partial charge is 0.235 e. The van der Waals surface area contributed by atoms with Crippen molar-refractivity contribution in [2.45, 2.75) is 63.8 Å². The molecule has 2 aliphatic heterocycles. The molecule has 1 unspecified atom stereocenters. The van der Waals surface area contributed by atoms with Crippen LogP contribution in [-0.2, 0) is 9.59 Å². The topological polar surface area (TPSA) is 49.4 Å². The Bertz CT molecular complexity index is 368. The Labute approximate surface area is 114 Å². The highest BCUT2D eigenvalue weighted by Crippen LogP contribution is 2.46. The Kier molecular flexibility index (Phi) is 3.61. The van der Waals surface area contributed by atoms with Gasteiger partial charge < -0.3 is 5.32 Å². The highest BCUT2D eigenvalue weighted by Gasteiger charge is 2.52. The maximum Gasteiger partial charge on any atom is 0.235 e. The molecule has 0 radical (unpaired) electrons. The van der Waals surface area contributed by atoms with Crippen LogP contribution in [0.25, 0.3) is 0 Å². The molecule has 0 aromatic carbocycles. The quantitative estimate of drug-likeness (QED) is 0.791. The van der Waals surface area contributed by atoms with Crippen LogP contribution < -0.4 is 5.32 Å². The van der Waals surface area contributed by atoms with E-state index in [4.69, 9.17) is 0 Å². The molecular formula is C15H24N2O2. The monoisotopic (exact) mass is 264 g/mol.